The molecule has 2 aliphatic carbocycles. The number of aliphatic hydroxyl groups is 1. The minimum atomic E-state index is -0.691. The topological polar surface area (TPSA) is 56.2 Å². The Morgan fingerprint density at radius 2 is 1.69 bits per heavy atom. The van der Waals surface area contributed by atoms with Crippen molar-refractivity contribution in [3.05, 3.63) is 35.9 Å². The molecule has 2 aliphatic heterocycles. The van der Waals surface area contributed by atoms with E-state index in [0.717, 1.165) is 77.5 Å². The predicted molar refractivity (Wildman–Crippen MR) is 124 cm³/mol. The highest BCUT2D eigenvalue weighted by atomic mass is 16.5. The number of nitrogens with zero attached hydrogens (tertiary/aromatic N) is 3. The van der Waals surface area contributed by atoms with Gasteiger partial charge in [-0.15, -0.1) is 0 Å². The maximum atomic E-state index is 13.8. The van der Waals surface area contributed by atoms with E-state index in [0.29, 0.717) is 6.54 Å². The number of hydrogen-bond donors (Lipinski definition) is 1. The number of carbonyl (C=O) groups is 1. The van der Waals surface area contributed by atoms with E-state index in [4.69, 9.17) is 4.74 Å². The summed E-state index contributed by atoms with van der Waals surface area (Å²) in [5.74, 6) is 0. The van der Waals surface area contributed by atoms with Crippen LogP contribution in [-0.4, -0.2) is 83.4 Å². The van der Waals surface area contributed by atoms with Crippen molar-refractivity contribution in [2.24, 2.45) is 0 Å². The summed E-state index contributed by atoms with van der Waals surface area (Å²) in [7, 11) is 4.38. The minimum absolute atomic E-state index is 0.000692. The molecule has 1 N–H and O–H groups in total. The second-order valence-corrected chi connectivity index (χ2v) is 10.9. The SMILES string of the molecule is CN(C)C1(c2ccccc2)CCC2(CC1)CN(C1CCOCC1)C(=O)N2CC1(O)CCC1. The molecular formula is C26H39N3O3. The lowest BCUT2D eigenvalue weighted by atomic mass is 9.67. The molecule has 0 bridgehead atoms. The predicted octanol–water partition coefficient (Wildman–Crippen LogP) is 3.59. The van der Waals surface area contributed by atoms with Gasteiger partial charge in [0, 0.05) is 31.3 Å². The van der Waals surface area contributed by atoms with E-state index >= 15 is 0 Å². The zero-order valence-corrected chi connectivity index (χ0v) is 19.8. The summed E-state index contributed by atoms with van der Waals surface area (Å²) in [5.41, 5.74) is 0.508. The van der Waals surface area contributed by atoms with Crippen molar-refractivity contribution in [1.82, 2.24) is 14.7 Å². The third-order valence-corrected chi connectivity index (χ3v) is 9.06. The van der Waals surface area contributed by atoms with Gasteiger partial charge in [-0.25, -0.2) is 4.79 Å². The fourth-order valence-corrected chi connectivity index (χ4v) is 6.68. The van der Waals surface area contributed by atoms with Crippen LogP contribution >= 0.6 is 0 Å². The Morgan fingerprint density at radius 3 is 2.25 bits per heavy atom. The first-order chi connectivity index (χ1) is 15.4. The summed E-state index contributed by atoms with van der Waals surface area (Å²) in [4.78, 5) is 20.4. The number of amides is 2. The number of rotatable bonds is 5. The second kappa shape index (κ2) is 8.30. The molecule has 4 fully saturated rings. The number of carbonyl (C=O) groups excluding carboxylic acids is 1. The fourth-order valence-electron chi connectivity index (χ4n) is 6.68. The third-order valence-electron chi connectivity index (χ3n) is 9.06. The summed E-state index contributed by atoms with van der Waals surface area (Å²) >= 11 is 0. The molecule has 0 atom stereocenters. The van der Waals surface area contributed by atoms with Crippen molar-refractivity contribution < 1.29 is 14.6 Å². The van der Waals surface area contributed by atoms with E-state index in [1.165, 1.54) is 5.56 Å². The summed E-state index contributed by atoms with van der Waals surface area (Å²) < 4.78 is 5.57. The van der Waals surface area contributed by atoms with E-state index in [1.807, 2.05) is 0 Å². The molecule has 2 saturated carbocycles. The summed E-state index contributed by atoms with van der Waals surface area (Å²) in [5, 5.41) is 11.0. The smallest absolute Gasteiger partial charge is 0.320 e. The van der Waals surface area contributed by atoms with E-state index in [9.17, 15) is 9.90 Å². The Hall–Kier alpha value is -1.63. The normalized spacial score (nSPS) is 33.2. The second-order valence-electron chi connectivity index (χ2n) is 10.9. The highest BCUT2D eigenvalue weighted by molar-refractivity contribution is 5.79. The first-order valence-electron chi connectivity index (χ1n) is 12.5. The maximum absolute atomic E-state index is 13.8. The molecule has 4 aliphatic rings. The first-order valence-corrected chi connectivity index (χ1v) is 12.5. The van der Waals surface area contributed by atoms with Gasteiger partial charge in [-0.2, -0.15) is 0 Å². The zero-order chi connectivity index (χ0) is 22.4. The van der Waals surface area contributed by atoms with Gasteiger partial charge in [0.05, 0.1) is 17.7 Å². The van der Waals surface area contributed by atoms with Gasteiger partial charge in [-0.05, 0) is 77.4 Å². The van der Waals surface area contributed by atoms with Crippen LogP contribution in [0, 0.1) is 0 Å². The number of ether oxygens (including phenoxy) is 1. The standard InChI is InChI=1S/C26H39N3O3/c1-27(2)26(21-7-4-3-5-8-21)15-13-24(14-16-26)19-28(22-9-17-32-18-10-22)23(30)29(24)20-25(31)11-6-12-25/h3-5,7-8,22,31H,6,9-20H2,1-2H3. The van der Waals surface area contributed by atoms with Gasteiger partial charge < -0.3 is 19.6 Å². The average Bonchev–Trinajstić information content (AvgIpc) is 3.06. The van der Waals surface area contributed by atoms with Gasteiger partial charge in [0.2, 0.25) is 0 Å². The van der Waals surface area contributed by atoms with Crippen molar-refractivity contribution in [2.45, 2.75) is 80.5 Å². The molecule has 1 aromatic rings. The van der Waals surface area contributed by atoms with Gasteiger partial charge in [-0.3, -0.25) is 4.90 Å². The third kappa shape index (κ3) is 3.64. The van der Waals surface area contributed by atoms with E-state index in [2.05, 4.69) is 59.1 Å². The van der Waals surface area contributed by atoms with Gasteiger partial charge in [-0.1, -0.05) is 30.3 Å². The molecule has 32 heavy (non-hydrogen) atoms. The molecule has 176 valence electrons. The molecule has 2 heterocycles. The zero-order valence-electron chi connectivity index (χ0n) is 19.8. The van der Waals surface area contributed by atoms with Gasteiger partial charge in [0.25, 0.3) is 0 Å². The largest absolute Gasteiger partial charge is 0.388 e. The molecular weight excluding hydrogens is 402 g/mol. The Morgan fingerprint density at radius 1 is 1.03 bits per heavy atom. The molecule has 5 rings (SSSR count). The fraction of sp³-hybridized carbons (Fsp3) is 0.731. The van der Waals surface area contributed by atoms with Crippen molar-refractivity contribution in [3.63, 3.8) is 0 Å². The number of hydrogen-bond acceptors (Lipinski definition) is 4. The van der Waals surface area contributed by atoms with Crippen molar-refractivity contribution in [3.8, 4) is 0 Å². The lowest BCUT2D eigenvalue weighted by Crippen LogP contribution is -2.59. The Bertz CT molecular complexity index is 809. The minimum Gasteiger partial charge on any atom is -0.388 e. The van der Waals surface area contributed by atoms with Crippen LogP contribution in [-0.2, 0) is 10.3 Å². The first kappa shape index (κ1) is 22.2. The summed E-state index contributed by atoms with van der Waals surface area (Å²) in [6.45, 7) is 2.77. The molecule has 2 amide bonds. The van der Waals surface area contributed by atoms with Crippen molar-refractivity contribution in [1.29, 1.82) is 0 Å². The molecule has 0 radical (unpaired) electrons. The summed E-state index contributed by atoms with van der Waals surface area (Å²) in [6, 6.07) is 11.3. The van der Waals surface area contributed by atoms with Crippen LogP contribution in [0.3, 0.4) is 0 Å². The van der Waals surface area contributed by atoms with Crippen LogP contribution in [0.5, 0.6) is 0 Å². The van der Waals surface area contributed by atoms with Crippen LogP contribution in [0.1, 0.15) is 63.4 Å². The monoisotopic (exact) mass is 441 g/mol. The molecule has 0 aromatic heterocycles. The van der Waals surface area contributed by atoms with Gasteiger partial charge >= 0.3 is 6.03 Å². The highest BCUT2D eigenvalue weighted by Gasteiger charge is 2.57. The van der Waals surface area contributed by atoms with E-state index in [1.54, 1.807) is 0 Å². The molecule has 2 saturated heterocycles. The van der Waals surface area contributed by atoms with E-state index in [-0.39, 0.29) is 23.2 Å². The maximum Gasteiger partial charge on any atom is 0.320 e. The lowest BCUT2D eigenvalue weighted by Gasteiger charge is -2.52. The number of benzene rings is 1. The highest BCUT2D eigenvalue weighted by Crippen LogP contribution is 2.50. The molecule has 6 nitrogen and oxygen atoms in total. The van der Waals surface area contributed by atoms with Gasteiger partial charge in [0.15, 0.2) is 0 Å². The molecule has 1 aromatic carbocycles. The molecule has 0 unspecified atom stereocenters. The van der Waals surface area contributed by atoms with Crippen LogP contribution in [0.25, 0.3) is 0 Å². The lowest BCUT2D eigenvalue weighted by molar-refractivity contribution is -0.0725. The van der Waals surface area contributed by atoms with Gasteiger partial charge in [0.1, 0.15) is 0 Å². The Balaban J connectivity index is 1.42. The van der Waals surface area contributed by atoms with Crippen LogP contribution < -0.4 is 0 Å². The van der Waals surface area contributed by atoms with Crippen LogP contribution in [0.2, 0.25) is 0 Å². The Labute approximate surface area is 192 Å². The summed E-state index contributed by atoms with van der Waals surface area (Å²) in [6.07, 6.45) is 8.53. The van der Waals surface area contributed by atoms with Crippen molar-refractivity contribution in [2.75, 3.05) is 40.4 Å². The molecule has 1 spiro atoms. The number of β-amino-alcohol motifs (C(OH)–C–C–N with tert-alkyl or cyclic N) is 1. The van der Waals surface area contributed by atoms with Crippen LogP contribution in [0.15, 0.2) is 30.3 Å². The van der Waals surface area contributed by atoms with Crippen LogP contribution in [0.4, 0.5) is 4.79 Å². The van der Waals surface area contributed by atoms with E-state index < -0.39 is 5.60 Å². The quantitative estimate of drug-likeness (QED) is 0.759. The average molecular weight is 442 g/mol. The molecule has 6 heteroatoms. The number of urea groups is 1. The Kier molecular flexibility index (Phi) is 5.75. The van der Waals surface area contributed by atoms with Crippen molar-refractivity contribution >= 4 is 6.03 Å².